The number of aromatic hydroxyl groups is 1. The average molecular weight is 413 g/mol. The Labute approximate surface area is 161 Å². The van der Waals surface area contributed by atoms with Crippen LogP contribution in [0, 0.1) is 0 Å². The summed E-state index contributed by atoms with van der Waals surface area (Å²) in [7, 11) is 0. The molecule has 1 aromatic heterocycles. The van der Waals surface area contributed by atoms with E-state index in [2.05, 4.69) is 15.9 Å². The molecule has 0 aliphatic rings. The zero-order valence-corrected chi connectivity index (χ0v) is 16.2. The lowest BCUT2D eigenvalue weighted by molar-refractivity contribution is 0.400. The minimum atomic E-state index is -0.468. The molecule has 0 saturated heterocycles. The maximum absolute atomic E-state index is 12.7. The molecule has 3 rings (SSSR count). The summed E-state index contributed by atoms with van der Waals surface area (Å²) >= 11 is 3.43. The van der Waals surface area contributed by atoms with Crippen molar-refractivity contribution in [1.82, 2.24) is 0 Å². The summed E-state index contributed by atoms with van der Waals surface area (Å²) in [6.45, 7) is 1.99. The van der Waals surface area contributed by atoms with Gasteiger partial charge in [-0.1, -0.05) is 67.6 Å². The van der Waals surface area contributed by atoms with Gasteiger partial charge in [0.05, 0.1) is 10.0 Å². The van der Waals surface area contributed by atoms with E-state index >= 15 is 0 Å². The molecule has 0 fully saturated rings. The Morgan fingerprint density at radius 1 is 1.00 bits per heavy atom. The van der Waals surface area contributed by atoms with Gasteiger partial charge in [-0.25, -0.2) is 4.79 Å². The van der Waals surface area contributed by atoms with E-state index in [4.69, 9.17) is 4.42 Å². The number of aryl methyl sites for hydroxylation is 2. The van der Waals surface area contributed by atoms with E-state index < -0.39 is 5.63 Å². The van der Waals surface area contributed by atoms with Crippen molar-refractivity contribution in [3.63, 3.8) is 0 Å². The Morgan fingerprint density at radius 3 is 2.23 bits per heavy atom. The number of hydrogen-bond donors (Lipinski definition) is 1. The standard InChI is InChI=1S/C22H21BrO3/c1-2-17(16-11-7-4-8-12-16)19-21(24)20(23)18(26-22(19)25)14-13-15-9-5-3-6-10-15/h3-12,17,24H,2,13-14H2,1H3. The van der Waals surface area contributed by atoms with Crippen molar-refractivity contribution in [3.8, 4) is 5.75 Å². The van der Waals surface area contributed by atoms with Crippen LogP contribution in [0.5, 0.6) is 5.75 Å². The lowest BCUT2D eigenvalue weighted by atomic mass is 9.89. The van der Waals surface area contributed by atoms with Gasteiger partial charge in [0.1, 0.15) is 11.5 Å². The maximum atomic E-state index is 12.7. The molecule has 0 saturated carbocycles. The summed E-state index contributed by atoms with van der Waals surface area (Å²) in [6, 6.07) is 19.7. The van der Waals surface area contributed by atoms with Gasteiger partial charge in [0.15, 0.2) is 0 Å². The molecule has 1 heterocycles. The molecule has 4 heteroatoms. The Bertz CT molecular complexity index is 917. The summed E-state index contributed by atoms with van der Waals surface area (Å²) in [5, 5.41) is 10.7. The quantitative estimate of drug-likeness (QED) is 0.586. The van der Waals surface area contributed by atoms with Crippen LogP contribution in [0.1, 0.15) is 41.7 Å². The highest BCUT2D eigenvalue weighted by atomic mass is 79.9. The highest BCUT2D eigenvalue weighted by Gasteiger charge is 2.25. The zero-order valence-electron chi connectivity index (χ0n) is 14.6. The van der Waals surface area contributed by atoms with Crippen LogP contribution in [0.4, 0.5) is 0 Å². The fraction of sp³-hybridized carbons (Fsp3) is 0.227. The first-order valence-electron chi connectivity index (χ1n) is 8.75. The van der Waals surface area contributed by atoms with Gasteiger partial charge in [-0.2, -0.15) is 0 Å². The number of rotatable bonds is 6. The van der Waals surface area contributed by atoms with E-state index in [1.807, 2.05) is 67.6 Å². The molecule has 3 aromatic rings. The van der Waals surface area contributed by atoms with Gasteiger partial charge in [0.2, 0.25) is 0 Å². The van der Waals surface area contributed by atoms with Crippen molar-refractivity contribution < 1.29 is 9.52 Å². The normalized spacial score (nSPS) is 12.1. The van der Waals surface area contributed by atoms with Gasteiger partial charge in [0.25, 0.3) is 0 Å². The first kappa shape index (κ1) is 18.5. The van der Waals surface area contributed by atoms with Crippen molar-refractivity contribution in [1.29, 1.82) is 0 Å². The van der Waals surface area contributed by atoms with Crippen LogP contribution in [0.25, 0.3) is 0 Å². The lowest BCUT2D eigenvalue weighted by Gasteiger charge is -2.17. The first-order chi connectivity index (χ1) is 12.6. The summed E-state index contributed by atoms with van der Waals surface area (Å²) in [5.41, 5.74) is 1.99. The molecule has 0 aliphatic heterocycles. The smallest absolute Gasteiger partial charge is 0.343 e. The monoisotopic (exact) mass is 412 g/mol. The predicted molar refractivity (Wildman–Crippen MR) is 107 cm³/mol. The van der Waals surface area contributed by atoms with Crippen LogP contribution in [-0.4, -0.2) is 5.11 Å². The van der Waals surface area contributed by atoms with Crippen LogP contribution >= 0.6 is 15.9 Å². The van der Waals surface area contributed by atoms with E-state index in [1.165, 1.54) is 0 Å². The lowest BCUT2D eigenvalue weighted by Crippen LogP contribution is -2.15. The van der Waals surface area contributed by atoms with Crippen molar-refractivity contribution in [3.05, 3.63) is 98.0 Å². The minimum Gasteiger partial charge on any atom is -0.506 e. The molecule has 1 unspecified atom stereocenters. The summed E-state index contributed by atoms with van der Waals surface area (Å²) in [4.78, 5) is 12.7. The van der Waals surface area contributed by atoms with Crippen molar-refractivity contribution in [2.45, 2.75) is 32.1 Å². The van der Waals surface area contributed by atoms with Gasteiger partial charge in [-0.05, 0) is 39.9 Å². The predicted octanol–water partition coefficient (Wildman–Crippen LogP) is 5.44. The molecule has 1 atom stereocenters. The zero-order chi connectivity index (χ0) is 18.5. The van der Waals surface area contributed by atoms with Crippen molar-refractivity contribution in [2.75, 3.05) is 0 Å². The van der Waals surface area contributed by atoms with E-state index in [0.29, 0.717) is 28.6 Å². The van der Waals surface area contributed by atoms with Gasteiger partial charge in [-0.3, -0.25) is 0 Å². The largest absolute Gasteiger partial charge is 0.506 e. The van der Waals surface area contributed by atoms with Crippen LogP contribution in [0.3, 0.4) is 0 Å². The molecule has 0 aliphatic carbocycles. The van der Waals surface area contributed by atoms with E-state index in [9.17, 15) is 9.90 Å². The highest BCUT2D eigenvalue weighted by molar-refractivity contribution is 9.10. The second kappa shape index (κ2) is 8.37. The number of halogens is 1. The average Bonchev–Trinajstić information content (AvgIpc) is 2.68. The third kappa shape index (κ3) is 3.91. The third-order valence-electron chi connectivity index (χ3n) is 4.59. The maximum Gasteiger partial charge on any atom is 0.343 e. The molecule has 1 N–H and O–H groups in total. The van der Waals surface area contributed by atoms with E-state index in [0.717, 1.165) is 17.5 Å². The molecule has 2 aromatic carbocycles. The number of hydrogen-bond acceptors (Lipinski definition) is 3. The van der Waals surface area contributed by atoms with Crippen LogP contribution in [0.15, 0.2) is 74.3 Å². The molecule has 3 nitrogen and oxygen atoms in total. The Hall–Kier alpha value is -2.33. The van der Waals surface area contributed by atoms with Crippen LogP contribution in [0.2, 0.25) is 0 Å². The van der Waals surface area contributed by atoms with E-state index in [1.54, 1.807) is 0 Å². The third-order valence-corrected chi connectivity index (χ3v) is 5.40. The van der Waals surface area contributed by atoms with Crippen molar-refractivity contribution in [2.24, 2.45) is 0 Å². The number of benzene rings is 2. The second-order valence-corrected chi connectivity index (χ2v) is 7.04. The summed E-state index contributed by atoms with van der Waals surface area (Å²) in [6.07, 6.45) is 1.96. The van der Waals surface area contributed by atoms with Gasteiger partial charge in [0, 0.05) is 12.3 Å². The second-order valence-electron chi connectivity index (χ2n) is 6.25. The Morgan fingerprint density at radius 2 is 1.62 bits per heavy atom. The van der Waals surface area contributed by atoms with Crippen molar-refractivity contribution >= 4 is 15.9 Å². The summed E-state index contributed by atoms with van der Waals surface area (Å²) < 4.78 is 6.05. The topological polar surface area (TPSA) is 50.4 Å². The first-order valence-corrected chi connectivity index (χ1v) is 9.54. The molecule has 0 bridgehead atoms. The fourth-order valence-electron chi connectivity index (χ4n) is 3.22. The van der Waals surface area contributed by atoms with Gasteiger partial charge < -0.3 is 9.52 Å². The SMILES string of the molecule is CCC(c1ccccc1)c1c(O)c(Br)c(CCc2ccccc2)oc1=O. The van der Waals surface area contributed by atoms with Gasteiger partial charge >= 0.3 is 5.63 Å². The minimum absolute atomic E-state index is 0.0139. The molecule has 0 spiro atoms. The molecule has 0 radical (unpaired) electrons. The molecule has 0 amide bonds. The van der Waals surface area contributed by atoms with Crippen LogP contribution < -0.4 is 5.63 Å². The molecular formula is C22H21BrO3. The Kier molecular flexibility index (Phi) is 5.94. The highest BCUT2D eigenvalue weighted by Crippen LogP contribution is 2.37. The molecule has 134 valence electrons. The van der Waals surface area contributed by atoms with Crippen LogP contribution in [-0.2, 0) is 12.8 Å². The fourth-order valence-corrected chi connectivity index (χ4v) is 3.71. The summed E-state index contributed by atoms with van der Waals surface area (Å²) in [5.74, 6) is 0.259. The Balaban J connectivity index is 1.94. The molecular weight excluding hydrogens is 392 g/mol. The molecule has 26 heavy (non-hydrogen) atoms. The van der Waals surface area contributed by atoms with Gasteiger partial charge in [-0.15, -0.1) is 0 Å². The van der Waals surface area contributed by atoms with E-state index in [-0.39, 0.29) is 11.7 Å².